The van der Waals surface area contributed by atoms with E-state index < -0.39 is 24.3 Å². The molecule has 11 heteroatoms. The zero-order chi connectivity index (χ0) is 19.1. The lowest BCUT2D eigenvalue weighted by Crippen LogP contribution is -2.28. The van der Waals surface area contributed by atoms with Crippen LogP contribution >= 0.6 is 0 Å². The van der Waals surface area contributed by atoms with Crippen molar-refractivity contribution < 1.29 is 24.2 Å². The number of hydrogen-bond acceptors (Lipinski definition) is 6. The minimum Gasteiger partial charge on any atom is -0.480 e. The van der Waals surface area contributed by atoms with E-state index in [0.717, 1.165) is 4.68 Å². The Morgan fingerprint density at radius 1 is 1.31 bits per heavy atom. The summed E-state index contributed by atoms with van der Waals surface area (Å²) in [6, 6.07) is 1.39. The van der Waals surface area contributed by atoms with Crippen molar-refractivity contribution in [2.45, 2.75) is 20.0 Å². The molecule has 0 aromatic carbocycles. The van der Waals surface area contributed by atoms with Gasteiger partial charge in [-0.1, -0.05) is 0 Å². The first kappa shape index (κ1) is 19.1. The van der Waals surface area contributed by atoms with Gasteiger partial charge in [0.2, 0.25) is 0 Å². The zero-order valence-corrected chi connectivity index (χ0v) is 14.4. The van der Waals surface area contributed by atoms with Crippen LogP contribution in [0.1, 0.15) is 27.9 Å². The van der Waals surface area contributed by atoms with Gasteiger partial charge in [-0.05, 0) is 13.0 Å². The number of nitrogens with one attached hydrogen (secondary N) is 2. The van der Waals surface area contributed by atoms with Gasteiger partial charge in [0.05, 0.1) is 12.3 Å². The van der Waals surface area contributed by atoms with Gasteiger partial charge in [0, 0.05) is 32.6 Å². The topological polar surface area (TPSA) is 140 Å². The number of methoxy groups -OCH3 is 1. The highest BCUT2D eigenvalue weighted by Crippen LogP contribution is 2.15. The molecule has 0 radical (unpaired) electrons. The summed E-state index contributed by atoms with van der Waals surface area (Å²) in [6.45, 7) is 2.54. The van der Waals surface area contributed by atoms with Crippen molar-refractivity contribution in [2.24, 2.45) is 0 Å². The third kappa shape index (κ3) is 4.66. The predicted molar refractivity (Wildman–Crippen MR) is 89.9 cm³/mol. The molecule has 0 bridgehead atoms. The van der Waals surface area contributed by atoms with Gasteiger partial charge in [-0.3, -0.25) is 19.1 Å². The molecule has 0 aliphatic heterocycles. The molecule has 0 atom stereocenters. The van der Waals surface area contributed by atoms with E-state index in [1.54, 1.807) is 0 Å². The van der Waals surface area contributed by atoms with E-state index in [1.165, 1.54) is 30.3 Å². The van der Waals surface area contributed by atoms with Crippen LogP contribution in [0.4, 0.5) is 5.69 Å². The number of carboxylic acid groups (broad SMARTS) is 1. The third-order valence-corrected chi connectivity index (χ3v) is 3.37. The van der Waals surface area contributed by atoms with Crippen molar-refractivity contribution in [3.8, 4) is 0 Å². The van der Waals surface area contributed by atoms with Gasteiger partial charge in [-0.2, -0.15) is 10.2 Å². The van der Waals surface area contributed by atoms with E-state index in [-0.39, 0.29) is 17.1 Å². The number of aliphatic carboxylic acids is 1. The van der Waals surface area contributed by atoms with Crippen molar-refractivity contribution >= 4 is 23.5 Å². The number of aryl methyl sites for hydroxylation is 1. The van der Waals surface area contributed by atoms with Crippen LogP contribution < -0.4 is 10.6 Å². The first-order chi connectivity index (χ1) is 12.5. The number of carboxylic acids is 1. The quantitative estimate of drug-likeness (QED) is 0.524. The van der Waals surface area contributed by atoms with Crippen molar-refractivity contribution in [3.63, 3.8) is 0 Å². The summed E-state index contributed by atoms with van der Waals surface area (Å²) in [5.74, 6) is -2.17. The summed E-state index contributed by atoms with van der Waals surface area (Å²) < 4.78 is 7.44. The second-order valence-electron chi connectivity index (χ2n) is 5.22. The van der Waals surface area contributed by atoms with E-state index in [4.69, 9.17) is 9.84 Å². The molecule has 0 unspecified atom stereocenters. The SMILES string of the molecule is CCn1cc(NC(=O)c2ccnn2CC(=O)O)c(C(=O)NCCOC)n1. The first-order valence-corrected chi connectivity index (χ1v) is 7.85. The third-order valence-electron chi connectivity index (χ3n) is 3.37. The average molecular weight is 364 g/mol. The Labute approximate surface area is 148 Å². The molecule has 2 aromatic rings. The van der Waals surface area contributed by atoms with E-state index in [1.807, 2.05) is 6.92 Å². The monoisotopic (exact) mass is 364 g/mol. The summed E-state index contributed by atoms with van der Waals surface area (Å²) in [4.78, 5) is 35.6. The number of carbonyl (C=O) groups excluding carboxylic acids is 2. The van der Waals surface area contributed by atoms with Gasteiger partial charge in [0.1, 0.15) is 12.2 Å². The van der Waals surface area contributed by atoms with Crippen LogP contribution in [-0.2, 0) is 22.6 Å². The maximum Gasteiger partial charge on any atom is 0.325 e. The smallest absolute Gasteiger partial charge is 0.325 e. The molecule has 2 rings (SSSR count). The number of carbonyl (C=O) groups is 3. The number of rotatable bonds is 9. The summed E-state index contributed by atoms with van der Waals surface area (Å²) in [5, 5.41) is 22.0. The van der Waals surface area contributed by atoms with Crippen LogP contribution in [0, 0.1) is 0 Å². The minimum atomic E-state index is -1.13. The largest absolute Gasteiger partial charge is 0.480 e. The molecule has 3 N–H and O–H groups in total. The van der Waals surface area contributed by atoms with Crippen LogP contribution in [0.5, 0.6) is 0 Å². The van der Waals surface area contributed by atoms with Gasteiger partial charge in [-0.25, -0.2) is 4.68 Å². The Morgan fingerprint density at radius 2 is 2.08 bits per heavy atom. The maximum absolute atomic E-state index is 12.5. The van der Waals surface area contributed by atoms with Gasteiger partial charge in [0.25, 0.3) is 11.8 Å². The van der Waals surface area contributed by atoms with Gasteiger partial charge >= 0.3 is 5.97 Å². The summed E-state index contributed by atoms with van der Waals surface area (Å²) in [7, 11) is 1.52. The lowest BCUT2D eigenvalue weighted by atomic mass is 10.3. The van der Waals surface area contributed by atoms with Crippen LogP contribution in [-0.4, -0.2) is 62.7 Å². The van der Waals surface area contributed by atoms with Crippen molar-refractivity contribution in [3.05, 3.63) is 29.8 Å². The van der Waals surface area contributed by atoms with Gasteiger partial charge in [0.15, 0.2) is 5.69 Å². The second-order valence-corrected chi connectivity index (χ2v) is 5.22. The molecule has 0 aliphatic carbocycles. The van der Waals surface area contributed by atoms with E-state index >= 15 is 0 Å². The fourth-order valence-corrected chi connectivity index (χ4v) is 2.16. The van der Waals surface area contributed by atoms with Gasteiger partial charge < -0.3 is 20.5 Å². The highest BCUT2D eigenvalue weighted by atomic mass is 16.5. The highest BCUT2D eigenvalue weighted by molar-refractivity contribution is 6.07. The lowest BCUT2D eigenvalue weighted by Gasteiger charge is -2.07. The molecular formula is C15H20N6O5. The number of ether oxygens (including phenoxy) is 1. The second kappa shape index (κ2) is 8.76. The molecule has 0 spiro atoms. The van der Waals surface area contributed by atoms with E-state index in [2.05, 4.69) is 20.8 Å². The maximum atomic E-state index is 12.5. The van der Waals surface area contributed by atoms with E-state index in [9.17, 15) is 14.4 Å². The summed E-state index contributed by atoms with van der Waals surface area (Å²) in [6.07, 6.45) is 2.85. The highest BCUT2D eigenvalue weighted by Gasteiger charge is 2.21. The zero-order valence-electron chi connectivity index (χ0n) is 14.4. The van der Waals surface area contributed by atoms with Crippen molar-refractivity contribution in [1.82, 2.24) is 24.9 Å². The lowest BCUT2D eigenvalue weighted by molar-refractivity contribution is -0.137. The van der Waals surface area contributed by atoms with Crippen molar-refractivity contribution in [2.75, 3.05) is 25.6 Å². The molecule has 0 saturated heterocycles. The fraction of sp³-hybridized carbons (Fsp3) is 0.400. The summed E-state index contributed by atoms with van der Waals surface area (Å²) in [5.41, 5.74) is 0.331. The molecule has 2 amide bonds. The number of anilines is 1. The molecule has 2 heterocycles. The number of hydrogen-bond donors (Lipinski definition) is 3. The van der Waals surface area contributed by atoms with Crippen molar-refractivity contribution in [1.29, 1.82) is 0 Å². The number of aromatic nitrogens is 4. The number of nitrogens with zero attached hydrogens (tertiary/aromatic N) is 4. The Hall–Kier alpha value is -3.21. The Balaban J connectivity index is 2.19. The standard InChI is InChI=1S/C15H20N6O5/c1-3-20-8-10(13(19-20)15(25)16-6-7-26-2)18-14(24)11-4-5-17-21(11)9-12(22)23/h4-5,8H,3,6-7,9H2,1-2H3,(H,16,25)(H,18,24)(H,22,23). The first-order valence-electron chi connectivity index (χ1n) is 7.85. The molecule has 0 saturated carbocycles. The average Bonchev–Trinajstić information content (AvgIpc) is 3.21. The molecule has 140 valence electrons. The molecule has 2 aromatic heterocycles. The minimum absolute atomic E-state index is 0.0561. The Bertz CT molecular complexity index is 796. The molecule has 0 fully saturated rings. The molecule has 11 nitrogen and oxygen atoms in total. The van der Waals surface area contributed by atoms with Crippen LogP contribution in [0.15, 0.2) is 18.5 Å². The molecule has 0 aliphatic rings. The normalized spacial score (nSPS) is 10.5. The van der Waals surface area contributed by atoms with Crippen LogP contribution in [0.2, 0.25) is 0 Å². The fourth-order valence-electron chi connectivity index (χ4n) is 2.16. The molecular weight excluding hydrogens is 344 g/mol. The predicted octanol–water partition coefficient (Wildman–Crippen LogP) is -0.187. The Morgan fingerprint density at radius 3 is 2.73 bits per heavy atom. The van der Waals surface area contributed by atoms with Crippen LogP contribution in [0.3, 0.4) is 0 Å². The van der Waals surface area contributed by atoms with E-state index in [0.29, 0.717) is 19.7 Å². The number of amides is 2. The Kier molecular flexibility index (Phi) is 6.44. The van der Waals surface area contributed by atoms with Gasteiger partial charge in [-0.15, -0.1) is 0 Å². The summed E-state index contributed by atoms with van der Waals surface area (Å²) >= 11 is 0. The van der Waals surface area contributed by atoms with Crippen LogP contribution in [0.25, 0.3) is 0 Å². The molecule has 26 heavy (non-hydrogen) atoms.